The molecule has 0 bridgehead atoms. The fourth-order valence-electron chi connectivity index (χ4n) is 2.45. The Morgan fingerprint density at radius 3 is 2.95 bits per heavy atom. The molecule has 1 aromatic rings. The average Bonchev–Trinajstić information content (AvgIpc) is 2.83. The van der Waals surface area contributed by atoms with Crippen molar-refractivity contribution in [3.05, 3.63) is 34.4 Å². The quantitative estimate of drug-likeness (QED) is 0.863. The molecule has 2 aliphatic heterocycles. The number of carbonyl (C=O) groups is 1. The Labute approximate surface area is 128 Å². The van der Waals surface area contributed by atoms with E-state index in [-0.39, 0.29) is 24.4 Å². The van der Waals surface area contributed by atoms with Gasteiger partial charge in [-0.3, -0.25) is 4.79 Å². The Bertz CT molecular complexity index is 560. The van der Waals surface area contributed by atoms with E-state index in [4.69, 9.17) is 22.1 Å². The van der Waals surface area contributed by atoms with Crippen molar-refractivity contribution in [2.24, 2.45) is 5.73 Å². The number of hydrogen-bond donors (Lipinski definition) is 1. The summed E-state index contributed by atoms with van der Waals surface area (Å²) in [5.41, 5.74) is 7.34. The zero-order valence-electron chi connectivity index (χ0n) is 10.8. The molecule has 1 amide bonds. The van der Waals surface area contributed by atoms with Crippen LogP contribution >= 0.6 is 24.0 Å². The van der Waals surface area contributed by atoms with Crippen LogP contribution in [-0.4, -0.2) is 36.5 Å². The van der Waals surface area contributed by atoms with Gasteiger partial charge in [-0.2, -0.15) is 0 Å². The number of rotatable bonds is 1. The van der Waals surface area contributed by atoms with Gasteiger partial charge < -0.3 is 15.4 Å². The van der Waals surface area contributed by atoms with Gasteiger partial charge in [-0.1, -0.05) is 11.6 Å². The van der Waals surface area contributed by atoms with Crippen LogP contribution in [0.4, 0.5) is 0 Å². The molecule has 0 unspecified atom stereocenters. The van der Waals surface area contributed by atoms with Crippen LogP contribution in [0.3, 0.4) is 0 Å². The molecule has 2 aliphatic rings. The van der Waals surface area contributed by atoms with Crippen LogP contribution in [0.5, 0.6) is 5.75 Å². The number of nitrogens with zero attached hydrogens (tertiary/aromatic N) is 1. The lowest BCUT2D eigenvalue weighted by molar-refractivity contribution is -0.126. The lowest BCUT2D eigenvalue weighted by atomic mass is 10.1. The summed E-state index contributed by atoms with van der Waals surface area (Å²) in [5, 5.41) is 0.635. The van der Waals surface area contributed by atoms with E-state index in [0.29, 0.717) is 23.7 Å². The first-order chi connectivity index (χ1) is 9.13. The molecule has 0 radical (unpaired) electrons. The first-order valence-electron chi connectivity index (χ1n) is 6.31. The molecular weight excluding hydrogens is 299 g/mol. The molecule has 108 valence electrons. The molecule has 0 aromatic heterocycles. The maximum Gasteiger partial charge on any atom is 0.253 e. The van der Waals surface area contributed by atoms with Gasteiger partial charge in [0, 0.05) is 29.7 Å². The highest BCUT2D eigenvalue weighted by Crippen LogP contribution is 2.29. The predicted octanol–water partition coefficient (Wildman–Crippen LogP) is 2.10. The van der Waals surface area contributed by atoms with Crippen molar-refractivity contribution < 1.29 is 9.53 Å². The number of ether oxygens (including phenoxy) is 1. The Morgan fingerprint density at radius 1 is 1.45 bits per heavy atom. The molecule has 4 nitrogen and oxygen atoms in total. The summed E-state index contributed by atoms with van der Waals surface area (Å²) < 4.78 is 5.59. The van der Waals surface area contributed by atoms with E-state index in [2.05, 4.69) is 0 Å². The molecule has 1 atom stereocenters. The minimum atomic E-state index is 0. The highest BCUT2D eigenvalue weighted by Gasteiger charge is 2.27. The molecule has 1 aromatic carbocycles. The number of nitrogens with two attached hydrogens (primary N) is 1. The minimum absolute atomic E-state index is 0. The molecule has 1 fully saturated rings. The summed E-state index contributed by atoms with van der Waals surface area (Å²) in [6.45, 7) is 1.65. The van der Waals surface area contributed by atoms with Crippen molar-refractivity contribution in [2.45, 2.75) is 12.5 Å². The first kappa shape index (κ1) is 15.2. The van der Waals surface area contributed by atoms with E-state index < -0.39 is 0 Å². The van der Waals surface area contributed by atoms with Gasteiger partial charge in [0.05, 0.1) is 5.57 Å². The van der Waals surface area contributed by atoms with Crippen LogP contribution < -0.4 is 10.5 Å². The largest absolute Gasteiger partial charge is 0.488 e. The van der Waals surface area contributed by atoms with Crippen LogP contribution in [-0.2, 0) is 4.79 Å². The molecule has 6 heteroatoms. The van der Waals surface area contributed by atoms with E-state index in [1.54, 1.807) is 17.0 Å². The SMILES string of the molecule is Cl.N[C@@H]1CCN(C(=O)C2=Cc3cc(Cl)ccc3OC2)C1. The maximum atomic E-state index is 12.3. The third-order valence-corrected chi connectivity index (χ3v) is 3.71. The lowest BCUT2D eigenvalue weighted by Gasteiger charge is -2.22. The Hall–Kier alpha value is -1.23. The lowest BCUT2D eigenvalue weighted by Crippen LogP contribution is -2.34. The van der Waals surface area contributed by atoms with Crippen molar-refractivity contribution in [3.63, 3.8) is 0 Å². The van der Waals surface area contributed by atoms with E-state index in [0.717, 1.165) is 24.3 Å². The second kappa shape index (κ2) is 6.04. The van der Waals surface area contributed by atoms with Gasteiger partial charge in [0.25, 0.3) is 5.91 Å². The van der Waals surface area contributed by atoms with Gasteiger partial charge in [0.2, 0.25) is 0 Å². The van der Waals surface area contributed by atoms with E-state index in [9.17, 15) is 4.79 Å². The van der Waals surface area contributed by atoms with Gasteiger partial charge in [-0.25, -0.2) is 0 Å². The number of likely N-dealkylation sites (tertiary alicyclic amines) is 1. The second-order valence-corrected chi connectivity index (χ2v) is 5.38. The zero-order chi connectivity index (χ0) is 13.4. The molecule has 3 rings (SSSR count). The molecular formula is C14H16Cl2N2O2. The number of hydrogen-bond acceptors (Lipinski definition) is 3. The standard InChI is InChI=1S/C14H15ClN2O2.ClH/c15-11-1-2-13-9(6-11)5-10(8-19-13)14(18)17-4-3-12(16)7-17;/h1-2,5-6,12H,3-4,7-8,16H2;1H/t12-;/m1./s1. The Balaban J connectivity index is 0.00000147. The number of benzene rings is 1. The molecule has 0 aliphatic carbocycles. The van der Waals surface area contributed by atoms with Gasteiger partial charge in [0.15, 0.2) is 0 Å². The van der Waals surface area contributed by atoms with Gasteiger partial charge in [-0.05, 0) is 30.7 Å². The van der Waals surface area contributed by atoms with Crippen molar-refractivity contribution >= 4 is 36.0 Å². The fraction of sp³-hybridized carbons (Fsp3) is 0.357. The normalized spacial score (nSPS) is 20.6. The van der Waals surface area contributed by atoms with Crippen molar-refractivity contribution in [2.75, 3.05) is 19.7 Å². The van der Waals surface area contributed by atoms with Crippen molar-refractivity contribution in [3.8, 4) is 5.75 Å². The summed E-state index contributed by atoms with van der Waals surface area (Å²) in [4.78, 5) is 14.1. The number of fused-ring (bicyclic) bond motifs is 1. The third kappa shape index (κ3) is 2.92. The summed E-state index contributed by atoms with van der Waals surface area (Å²) in [7, 11) is 0. The topological polar surface area (TPSA) is 55.6 Å². The molecule has 2 heterocycles. The van der Waals surface area contributed by atoms with Gasteiger partial charge in [0.1, 0.15) is 12.4 Å². The molecule has 0 saturated carbocycles. The van der Waals surface area contributed by atoms with Gasteiger partial charge in [-0.15, -0.1) is 12.4 Å². The fourth-order valence-corrected chi connectivity index (χ4v) is 2.63. The monoisotopic (exact) mass is 314 g/mol. The van der Waals surface area contributed by atoms with Crippen LogP contribution in [0.25, 0.3) is 6.08 Å². The summed E-state index contributed by atoms with van der Waals surface area (Å²) in [5.74, 6) is 0.776. The van der Waals surface area contributed by atoms with Crippen LogP contribution in [0, 0.1) is 0 Å². The van der Waals surface area contributed by atoms with E-state index in [1.165, 1.54) is 0 Å². The number of carbonyl (C=O) groups excluding carboxylic acids is 1. The summed E-state index contributed by atoms with van der Waals surface area (Å²) in [6.07, 6.45) is 2.72. The highest BCUT2D eigenvalue weighted by molar-refractivity contribution is 6.30. The van der Waals surface area contributed by atoms with Crippen LogP contribution in [0.2, 0.25) is 5.02 Å². The molecule has 1 saturated heterocycles. The second-order valence-electron chi connectivity index (χ2n) is 4.94. The van der Waals surface area contributed by atoms with Crippen molar-refractivity contribution in [1.29, 1.82) is 0 Å². The third-order valence-electron chi connectivity index (χ3n) is 3.47. The van der Waals surface area contributed by atoms with Crippen molar-refractivity contribution in [1.82, 2.24) is 4.90 Å². The molecule has 20 heavy (non-hydrogen) atoms. The van der Waals surface area contributed by atoms with Crippen LogP contribution in [0.1, 0.15) is 12.0 Å². The first-order valence-corrected chi connectivity index (χ1v) is 6.69. The average molecular weight is 315 g/mol. The zero-order valence-corrected chi connectivity index (χ0v) is 12.4. The summed E-state index contributed by atoms with van der Waals surface area (Å²) >= 11 is 5.95. The molecule has 0 spiro atoms. The highest BCUT2D eigenvalue weighted by atomic mass is 35.5. The van der Waals surface area contributed by atoms with Crippen LogP contribution in [0.15, 0.2) is 23.8 Å². The smallest absolute Gasteiger partial charge is 0.253 e. The Kier molecular flexibility index (Phi) is 4.58. The number of amides is 1. The minimum Gasteiger partial charge on any atom is -0.488 e. The maximum absolute atomic E-state index is 12.3. The van der Waals surface area contributed by atoms with E-state index >= 15 is 0 Å². The van der Waals surface area contributed by atoms with E-state index in [1.807, 2.05) is 12.1 Å². The predicted molar refractivity (Wildman–Crippen MR) is 81.3 cm³/mol. The van der Waals surface area contributed by atoms with Gasteiger partial charge >= 0.3 is 0 Å². The Morgan fingerprint density at radius 2 is 2.25 bits per heavy atom. The number of halogens is 2. The molecule has 2 N–H and O–H groups in total. The summed E-state index contributed by atoms with van der Waals surface area (Å²) in [6, 6.07) is 5.50.